The van der Waals surface area contributed by atoms with Crippen molar-refractivity contribution in [1.82, 2.24) is 19.6 Å². The molecule has 3 aromatic rings. The molecular formula is C12H10BrN5OS. The molecule has 0 aliphatic carbocycles. The van der Waals surface area contributed by atoms with Crippen LogP contribution in [0.25, 0.3) is 5.78 Å². The van der Waals surface area contributed by atoms with E-state index in [1.807, 2.05) is 24.3 Å². The summed E-state index contributed by atoms with van der Waals surface area (Å²) in [5.74, 6) is 1.42. The highest BCUT2D eigenvalue weighted by molar-refractivity contribution is 9.10. The Kier molecular flexibility index (Phi) is 3.49. The first kappa shape index (κ1) is 13.2. The van der Waals surface area contributed by atoms with E-state index in [2.05, 4.69) is 31.1 Å². The molecule has 2 aromatic heterocycles. The number of nitrogens with two attached hydrogens (primary N) is 1. The topological polar surface area (TPSA) is 89.1 Å². The first-order valence-electron chi connectivity index (χ1n) is 5.74. The number of aromatic amines is 1. The minimum Gasteiger partial charge on any atom is -0.385 e. The van der Waals surface area contributed by atoms with E-state index in [4.69, 9.17) is 5.73 Å². The van der Waals surface area contributed by atoms with Gasteiger partial charge in [0.15, 0.2) is 5.16 Å². The maximum Gasteiger partial charge on any atom is 0.254 e. The van der Waals surface area contributed by atoms with E-state index >= 15 is 0 Å². The highest BCUT2D eigenvalue weighted by Crippen LogP contribution is 2.23. The molecule has 0 amide bonds. The number of H-pyrrole nitrogens is 1. The van der Waals surface area contributed by atoms with Crippen LogP contribution in [-0.4, -0.2) is 19.6 Å². The smallest absolute Gasteiger partial charge is 0.254 e. The second-order valence-electron chi connectivity index (χ2n) is 4.12. The Morgan fingerprint density at radius 1 is 1.30 bits per heavy atom. The van der Waals surface area contributed by atoms with E-state index in [1.54, 1.807) is 4.40 Å². The highest BCUT2D eigenvalue weighted by atomic mass is 79.9. The van der Waals surface area contributed by atoms with Gasteiger partial charge in [0.1, 0.15) is 5.82 Å². The van der Waals surface area contributed by atoms with Gasteiger partial charge < -0.3 is 5.73 Å². The predicted molar refractivity (Wildman–Crippen MR) is 81.7 cm³/mol. The molecule has 102 valence electrons. The molecule has 0 bridgehead atoms. The first-order valence-corrected chi connectivity index (χ1v) is 7.52. The van der Waals surface area contributed by atoms with Crippen LogP contribution in [0.3, 0.4) is 0 Å². The Bertz CT molecular complexity index is 811. The average Bonchev–Trinajstić information content (AvgIpc) is 2.81. The summed E-state index contributed by atoms with van der Waals surface area (Å²) in [7, 11) is 0. The summed E-state index contributed by atoms with van der Waals surface area (Å²) < 4.78 is 2.67. The monoisotopic (exact) mass is 351 g/mol. The lowest BCUT2D eigenvalue weighted by molar-refractivity contribution is 0.923. The van der Waals surface area contributed by atoms with Gasteiger partial charge in [-0.25, -0.2) is 4.40 Å². The minimum atomic E-state index is -0.285. The number of thioether (sulfide) groups is 1. The molecule has 0 saturated carbocycles. The van der Waals surface area contributed by atoms with Gasteiger partial charge in [-0.1, -0.05) is 39.8 Å². The zero-order chi connectivity index (χ0) is 14.1. The normalized spacial score (nSPS) is 11.1. The molecule has 3 rings (SSSR count). The number of anilines is 1. The maximum atomic E-state index is 11.3. The third-order valence-electron chi connectivity index (χ3n) is 2.69. The van der Waals surface area contributed by atoms with Crippen molar-refractivity contribution in [3.8, 4) is 0 Å². The van der Waals surface area contributed by atoms with Crippen LogP contribution in [0.5, 0.6) is 0 Å². The lowest BCUT2D eigenvalue weighted by atomic mass is 10.2. The molecule has 20 heavy (non-hydrogen) atoms. The van der Waals surface area contributed by atoms with Gasteiger partial charge >= 0.3 is 0 Å². The van der Waals surface area contributed by atoms with Gasteiger partial charge in [-0.05, 0) is 17.7 Å². The van der Waals surface area contributed by atoms with Gasteiger partial charge in [-0.2, -0.15) is 0 Å². The van der Waals surface area contributed by atoms with E-state index in [-0.39, 0.29) is 5.56 Å². The van der Waals surface area contributed by atoms with E-state index in [1.165, 1.54) is 17.8 Å². The Morgan fingerprint density at radius 3 is 2.80 bits per heavy atom. The number of nitrogens with one attached hydrogen (secondary N) is 1. The SMILES string of the molecule is Nc1cc(=O)[nH]c2nnc(SCc3ccc(Br)cc3)n12. The highest BCUT2D eigenvalue weighted by Gasteiger charge is 2.10. The molecule has 0 radical (unpaired) electrons. The van der Waals surface area contributed by atoms with Crippen molar-refractivity contribution in [2.45, 2.75) is 10.9 Å². The van der Waals surface area contributed by atoms with Crippen molar-refractivity contribution in [2.75, 3.05) is 5.73 Å². The van der Waals surface area contributed by atoms with Gasteiger partial charge in [0, 0.05) is 16.3 Å². The van der Waals surface area contributed by atoms with Crippen LogP contribution in [0, 0.1) is 0 Å². The lowest BCUT2D eigenvalue weighted by Gasteiger charge is -2.03. The Hall–Kier alpha value is -1.80. The van der Waals surface area contributed by atoms with Crippen molar-refractivity contribution in [3.63, 3.8) is 0 Å². The number of fused-ring (bicyclic) bond motifs is 1. The van der Waals surface area contributed by atoms with Gasteiger partial charge in [0.25, 0.3) is 5.56 Å². The number of hydrogen-bond donors (Lipinski definition) is 2. The largest absolute Gasteiger partial charge is 0.385 e. The number of nitrogens with zero attached hydrogens (tertiary/aromatic N) is 3. The molecule has 0 aliphatic rings. The number of hydrogen-bond acceptors (Lipinski definition) is 5. The number of benzene rings is 1. The van der Waals surface area contributed by atoms with E-state index in [0.717, 1.165) is 15.8 Å². The van der Waals surface area contributed by atoms with E-state index < -0.39 is 0 Å². The Balaban J connectivity index is 1.88. The van der Waals surface area contributed by atoms with Gasteiger partial charge in [-0.15, -0.1) is 10.2 Å². The van der Waals surface area contributed by atoms with Crippen molar-refractivity contribution < 1.29 is 0 Å². The Labute approximate surface area is 126 Å². The molecule has 1 aromatic carbocycles. The summed E-state index contributed by atoms with van der Waals surface area (Å²) in [6, 6.07) is 9.37. The summed E-state index contributed by atoms with van der Waals surface area (Å²) >= 11 is 4.91. The van der Waals surface area contributed by atoms with Crippen LogP contribution >= 0.6 is 27.7 Å². The van der Waals surface area contributed by atoms with Crippen LogP contribution in [0.2, 0.25) is 0 Å². The standard InChI is InChI=1S/C12H10BrN5OS/c13-8-3-1-7(2-4-8)6-20-12-17-16-11-15-10(19)5-9(14)18(11)12/h1-5H,6,14H2,(H,15,16,19). The molecule has 0 aliphatic heterocycles. The van der Waals surface area contributed by atoms with Crippen molar-refractivity contribution in [1.29, 1.82) is 0 Å². The second-order valence-corrected chi connectivity index (χ2v) is 5.97. The fourth-order valence-corrected chi connectivity index (χ4v) is 2.92. The van der Waals surface area contributed by atoms with Gasteiger partial charge in [0.05, 0.1) is 0 Å². The molecule has 0 unspecified atom stereocenters. The van der Waals surface area contributed by atoms with Crippen molar-refractivity contribution in [2.24, 2.45) is 0 Å². The summed E-state index contributed by atoms with van der Waals surface area (Å²) in [5, 5.41) is 8.61. The van der Waals surface area contributed by atoms with E-state index in [9.17, 15) is 4.79 Å². The van der Waals surface area contributed by atoms with Crippen LogP contribution in [0.15, 0.2) is 44.8 Å². The zero-order valence-electron chi connectivity index (χ0n) is 10.2. The summed E-state index contributed by atoms with van der Waals surface area (Å²) in [4.78, 5) is 13.9. The molecule has 3 N–H and O–H groups in total. The fraction of sp³-hybridized carbons (Fsp3) is 0.0833. The third-order valence-corrected chi connectivity index (χ3v) is 4.22. The Morgan fingerprint density at radius 2 is 2.05 bits per heavy atom. The second kappa shape index (κ2) is 5.29. The maximum absolute atomic E-state index is 11.3. The summed E-state index contributed by atoms with van der Waals surface area (Å²) in [6.07, 6.45) is 0. The first-order chi connectivity index (χ1) is 9.63. The quantitative estimate of drug-likeness (QED) is 0.705. The molecule has 0 saturated heterocycles. The van der Waals surface area contributed by atoms with Crippen LogP contribution in [-0.2, 0) is 5.75 Å². The number of aromatic nitrogens is 4. The molecule has 0 spiro atoms. The molecule has 0 fully saturated rings. The molecule has 2 heterocycles. The van der Waals surface area contributed by atoms with Crippen molar-refractivity contribution in [3.05, 3.63) is 50.7 Å². The predicted octanol–water partition coefficient (Wildman–Crippen LogP) is 2.05. The average molecular weight is 352 g/mol. The minimum absolute atomic E-state index is 0.285. The number of halogens is 1. The third kappa shape index (κ3) is 2.56. The summed E-state index contributed by atoms with van der Waals surface area (Å²) in [6.45, 7) is 0. The summed E-state index contributed by atoms with van der Waals surface area (Å²) in [5.41, 5.74) is 6.71. The number of rotatable bonds is 3. The van der Waals surface area contributed by atoms with Gasteiger partial charge in [-0.3, -0.25) is 9.78 Å². The van der Waals surface area contributed by atoms with Crippen molar-refractivity contribution >= 4 is 39.3 Å². The molecular weight excluding hydrogens is 342 g/mol. The number of nitrogen functional groups attached to an aromatic ring is 1. The van der Waals surface area contributed by atoms with Crippen LogP contribution in [0.1, 0.15) is 5.56 Å². The van der Waals surface area contributed by atoms with Crippen LogP contribution < -0.4 is 11.3 Å². The fourth-order valence-electron chi connectivity index (χ4n) is 1.75. The molecule has 6 nitrogen and oxygen atoms in total. The van der Waals surface area contributed by atoms with Crippen LogP contribution in [0.4, 0.5) is 5.82 Å². The molecule has 8 heteroatoms. The van der Waals surface area contributed by atoms with E-state index in [0.29, 0.717) is 16.8 Å². The van der Waals surface area contributed by atoms with Gasteiger partial charge in [0.2, 0.25) is 5.78 Å². The lowest BCUT2D eigenvalue weighted by Crippen LogP contribution is -2.11. The molecule has 0 atom stereocenters. The zero-order valence-corrected chi connectivity index (χ0v) is 12.6.